The third-order valence-electron chi connectivity index (χ3n) is 10.1. The summed E-state index contributed by atoms with van der Waals surface area (Å²) < 4.78 is 10.4. The van der Waals surface area contributed by atoms with E-state index >= 15 is 0 Å². The van der Waals surface area contributed by atoms with E-state index in [2.05, 4.69) is 63.7 Å². The molecule has 51 heavy (non-hydrogen) atoms. The Hall–Kier alpha value is -7.59. The molecule has 0 radical (unpaired) electrons. The Morgan fingerprint density at radius 1 is 0.431 bits per heavy atom. The number of nitrogens with zero attached hydrogens (tertiary/aromatic N) is 5. The summed E-state index contributed by atoms with van der Waals surface area (Å²) in [5, 5.41) is 38.1. The normalized spacial score (nSPS) is 11.5. The first-order valence-electron chi connectivity index (χ1n) is 16.5. The van der Waals surface area contributed by atoms with Crippen LogP contribution in [0.2, 0.25) is 0 Å². The summed E-state index contributed by atoms with van der Waals surface area (Å²) >= 11 is 0. The minimum Gasteiger partial charge on any atom is -0.456 e. The lowest BCUT2D eigenvalue weighted by Crippen LogP contribution is -2.02. The molecule has 0 saturated carbocycles. The minimum atomic E-state index is 0.254. The molecule has 0 amide bonds. The van der Waals surface area contributed by atoms with Crippen LogP contribution in [-0.4, -0.2) is 9.13 Å². The maximum atomic E-state index is 10.7. The zero-order valence-corrected chi connectivity index (χ0v) is 26.9. The molecule has 0 bridgehead atoms. The van der Waals surface area contributed by atoms with E-state index in [0.717, 1.165) is 71.2 Å². The van der Waals surface area contributed by atoms with Gasteiger partial charge in [-0.15, -0.1) is 0 Å². The topological polar surface area (TPSA) is 94.4 Å². The Morgan fingerprint density at radius 2 is 1.02 bits per heavy atom. The number of benzene rings is 7. The van der Waals surface area contributed by atoms with Gasteiger partial charge in [-0.2, -0.15) is 15.8 Å². The van der Waals surface area contributed by atoms with E-state index in [4.69, 9.17) is 4.42 Å². The van der Waals surface area contributed by atoms with E-state index in [1.54, 1.807) is 0 Å². The molecule has 234 valence electrons. The second-order valence-electron chi connectivity index (χ2n) is 12.6. The molecule has 6 heteroatoms. The van der Waals surface area contributed by atoms with Crippen LogP contribution in [-0.2, 0) is 0 Å². The van der Waals surface area contributed by atoms with Crippen molar-refractivity contribution in [2.24, 2.45) is 0 Å². The maximum absolute atomic E-state index is 10.7. The second-order valence-corrected chi connectivity index (χ2v) is 12.6. The lowest BCUT2D eigenvalue weighted by molar-refractivity contribution is 0.669. The van der Waals surface area contributed by atoms with Crippen LogP contribution in [0.4, 0.5) is 0 Å². The third kappa shape index (κ3) is 3.89. The minimum absolute atomic E-state index is 0.254. The van der Waals surface area contributed by atoms with Crippen molar-refractivity contribution in [2.75, 3.05) is 0 Å². The zero-order chi connectivity index (χ0) is 34.2. The van der Waals surface area contributed by atoms with Gasteiger partial charge in [0.1, 0.15) is 29.4 Å². The second kappa shape index (κ2) is 10.7. The lowest BCUT2D eigenvalue weighted by atomic mass is 9.93. The molecule has 0 aliphatic carbocycles. The predicted molar refractivity (Wildman–Crippen MR) is 202 cm³/mol. The molecule has 0 N–H and O–H groups in total. The van der Waals surface area contributed by atoms with Gasteiger partial charge in [0.25, 0.3) is 0 Å². The van der Waals surface area contributed by atoms with Crippen LogP contribution in [0, 0.1) is 34.0 Å². The van der Waals surface area contributed by atoms with Gasteiger partial charge in [0.05, 0.1) is 50.1 Å². The van der Waals surface area contributed by atoms with E-state index in [9.17, 15) is 15.8 Å². The molecule has 3 heterocycles. The van der Waals surface area contributed by atoms with Crippen molar-refractivity contribution in [3.63, 3.8) is 0 Å². The summed E-state index contributed by atoms with van der Waals surface area (Å²) in [5.41, 5.74) is 9.05. The maximum Gasteiger partial charge on any atom is 0.136 e. The van der Waals surface area contributed by atoms with Crippen molar-refractivity contribution < 1.29 is 4.42 Å². The fourth-order valence-corrected chi connectivity index (χ4v) is 7.95. The molecule has 10 aromatic rings. The number of para-hydroxylation sites is 4. The summed E-state index contributed by atoms with van der Waals surface area (Å²) in [4.78, 5) is 0. The van der Waals surface area contributed by atoms with Gasteiger partial charge in [-0.05, 0) is 60.2 Å². The van der Waals surface area contributed by atoms with Crippen molar-refractivity contribution in [3.8, 4) is 40.7 Å². The van der Waals surface area contributed by atoms with Crippen LogP contribution in [0.15, 0.2) is 144 Å². The van der Waals surface area contributed by atoms with Gasteiger partial charge in [0.15, 0.2) is 0 Å². The Labute approximate surface area is 291 Å². The predicted octanol–water partition coefficient (Wildman–Crippen LogP) is 11.1. The first-order chi connectivity index (χ1) is 25.2. The monoisotopic (exact) mass is 649 g/mol. The molecule has 0 spiro atoms. The van der Waals surface area contributed by atoms with Crippen molar-refractivity contribution in [1.29, 1.82) is 15.8 Å². The van der Waals surface area contributed by atoms with Gasteiger partial charge in [-0.1, -0.05) is 84.9 Å². The van der Waals surface area contributed by atoms with Gasteiger partial charge in [0.2, 0.25) is 0 Å². The fraction of sp³-hybridized carbons (Fsp3) is 0. The summed E-state index contributed by atoms with van der Waals surface area (Å²) in [7, 11) is 0. The SMILES string of the molecule is N#Cc1cc(-c2ccc(-n3c4ccccc4c4c5c(ccc43)oc3ccccc35)c(C#N)c2C#N)ccc1-n1c2ccccc2c2ccccc21. The highest BCUT2D eigenvalue weighted by molar-refractivity contribution is 6.27. The molecular weight excluding hydrogens is 627 g/mol. The largest absolute Gasteiger partial charge is 0.456 e. The van der Waals surface area contributed by atoms with Gasteiger partial charge in [0, 0.05) is 37.9 Å². The lowest BCUT2D eigenvalue weighted by Gasteiger charge is -2.15. The average Bonchev–Trinajstić information content (AvgIpc) is 3.84. The van der Waals surface area contributed by atoms with Crippen molar-refractivity contribution in [1.82, 2.24) is 9.13 Å². The van der Waals surface area contributed by atoms with Gasteiger partial charge in [-0.3, -0.25) is 0 Å². The molecule has 0 saturated heterocycles. The highest BCUT2D eigenvalue weighted by atomic mass is 16.3. The highest BCUT2D eigenvalue weighted by Crippen LogP contribution is 2.43. The summed E-state index contributed by atoms with van der Waals surface area (Å²) in [6.07, 6.45) is 0. The van der Waals surface area contributed by atoms with E-state index in [0.29, 0.717) is 22.4 Å². The van der Waals surface area contributed by atoms with Crippen LogP contribution in [0.25, 0.3) is 88.1 Å². The molecule has 10 rings (SSSR count). The number of fused-ring (bicyclic) bond motifs is 10. The molecule has 6 nitrogen and oxygen atoms in total. The van der Waals surface area contributed by atoms with Crippen molar-refractivity contribution in [3.05, 3.63) is 156 Å². The molecule has 0 aliphatic rings. The fourth-order valence-electron chi connectivity index (χ4n) is 7.95. The molecule has 0 aliphatic heterocycles. The number of rotatable bonds is 3. The van der Waals surface area contributed by atoms with Crippen molar-refractivity contribution in [2.45, 2.75) is 0 Å². The number of hydrogen-bond acceptors (Lipinski definition) is 4. The van der Waals surface area contributed by atoms with E-state index in [1.165, 1.54) is 0 Å². The number of aromatic nitrogens is 2. The Balaban J connectivity index is 1.19. The molecule has 0 atom stereocenters. The van der Waals surface area contributed by atoms with E-state index in [-0.39, 0.29) is 11.1 Å². The van der Waals surface area contributed by atoms with Crippen LogP contribution in [0.5, 0.6) is 0 Å². The highest BCUT2D eigenvalue weighted by Gasteiger charge is 2.23. The number of hydrogen-bond donors (Lipinski definition) is 0. The Kier molecular flexibility index (Phi) is 5.97. The van der Waals surface area contributed by atoms with Crippen LogP contribution in [0.1, 0.15) is 16.7 Å². The summed E-state index contributed by atoms with van der Waals surface area (Å²) in [6.45, 7) is 0. The smallest absolute Gasteiger partial charge is 0.136 e. The first-order valence-corrected chi connectivity index (χ1v) is 16.5. The van der Waals surface area contributed by atoms with Crippen LogP contribution in [0.3, 0.4) is 0 Å². The number of furan rings is 1. The molecule has 7 aromatic carbocycles. The third-order valence-corrected chi connectivity index (χ3v) is 10.1. The quantitative estimate of drug-likeness (QED) is 0.190. The van der Waals surface area contributed by atoms with Crippen LogP contribution < -0.4 is 0 Å². The Bertz CT molecular complexity index is 3190. The zero-order valence-electron chi connectivity index (χ0n) is 26.9. The number of nitriles is 3. The molecular formula is C45H23N5O. The first kappa shape index (κ1) is 28.4. The van der Waals surface area contributed by atoms with Gasteiger partial charge < -0.3 is 13.6 Å². The Morgan fingerprint density at radius 3 is 1.71 bits per heavy atom. The summed E-state index contributed by atoms with van der Waals surface area (Å²) in [5.74, 6) is 0. The standard InChI is InChI=1S/C45H23N5O/c46-24-28-23-27(17-19-36(28)49-37-13-5-1-9-30(37)31-10-2-6-14-38(31)49)29-18-20-40(35(26-48)34(29)25-47)50-39-15-7-3-11-32(39)44-41(50)21-22-43-45(44)33-12-4-8-16-42(33)51-43/h1-23H. The molecule has 3 aromatic heterocycles. The van der Waals surface area contributed by atoms with Gasteiger partial charge >= 0.3 is 0 Å². The average molecular weight is 650 g/mol. The van der Waals surface area contributed by atoms with Gasteiger partial charge in [-0.25, -0.2) is 0 Å². The van der Waals surface area contributed by atoms with Crippen LogP contribution >= 0.6 is 0 Å². The molecule has 0 unspecified atom stereocenters. The molecule has 0 fully saturated rings. The summed E-state index contributed by atoms with van der Waals surface area (Å²) in [6, 6.07) is 53.1. The van der Waals surface area contributed by atoms with E-state index < -0.39 is 0 Å². The van der Waals surface area contributed by atoms with E-state index in [1.807, 2.05) is 103 Å². The van der Waals surface area contributed by atoms with Crippen molar-refractivity contribution >= 4 is 65.6 Å².